The van der Waals surface area contributed by atoms with Gasteiger partial charge < -0.3 is 9.47 Å². The molecule has 12 rings (SSSR count). The van der Waals surface area contributed by atoms with Crippen molar-refractivity contribution in [2.24, 2.45) is 0 Å². The Balaban J connectivity index is 0.914. The zero-order valence-corrected chi connectivity index (χ0v) is 36.3. The highest BCUT2D eigenvalue weighted by atomic mass is 15.1. The van der Waals surface area contributed by atoms with E-state index in [1.165, 1.54) is 88.2 Å². The highest BCUT2D eigenvalue weighted by Crippen LogP contribution is 2.42. The van der Waals surface area contributed by atoms with Crippen LogP contribution in [0.4, 0.5) is 17.1 Å². The average molecular weight is 841 g/mol. The summed E-state index contributed by atoms with van der Waals surface area (Å²) in [6, 6.07) is 96.8. The number of benzene rings is 11. The minimum atomic E-state index is 1.10. The molecule has 310 valence electrons. The molecule has 0 unspecified atom stereocenters. The number of para-hydroxylation sites is 1. The Morgan fingerprint density at radius 1 is 0.258 bits per heavy atom. The quantitative estimate of drug-likeness (QED) is 0.141. The van der Waals surface area contributed by atoms with E-state index in [1.807, 2.05) is 0 Å². The Kier molecular flexibility index (Phi) is 9.89. The van der Waals surface area contributed by atoms with Gasteiger partial charge in [-0.1, -0.05) is 212 Å². The van der Waals surface area contributed by atoms with E-state index in [4.69, 9.17) is 0 Å². The van der Waals surface area contributed by atoms with Crippen LogP contribution in [-0.4, -0.2) is 4.57 Å². The summed E-state index contributed by atoms with van der Waals surface area (Å²) in [6.07, 6.45) is 0. The van der Waals surface area contributed by atoms with Crippen molar-refractivity contribution in [1.29, 1.82) is 0 Å². The molecule has 0 fully saturated rings. The summed E-state index contributed by atoms with van der Waals surface area (Å²) in [5.41, 5.74) is 18.8. The highest BCUT2D eigenvalue weighted by molar-refractivity contribution is 6.12. The molecule has 0 atom stereocenters. The molecule has 2 heteroatoms. The largest absolute Gasteiger partial charge is 0.310 e. The second-order valence-electron chi connectivity index (χ2n) is 16.9. The van der Waals surface area contributed by atoms with Gasteiger partial charge in [-0.25, -0.2) is 0 Å². The van der Waals surface area contributed by atoms with Crippen molar-refractivity contribution in [3.8, 4) is 61.3 Å². The standard InChI is InChI=1S/C64H44N2/c1-4-15-45(16-5-1)49-31-37-55(38-32-49)65(61-26-14-22-51-21-10-11-23-57(51)61)56-39-33-50(34-40-56)48-27-29-52(30-28-48)58-24-12-13-25-62(58)66-63-42-36-53(46-17-6-2-7-18-46)43-60(63)59-41-35-54(44-64(59)66)47-19-8-3-9-20-47/h1-44H. The van der Waals surface area contributed by atoms with E-state index in [1.54, 1.807) is 0 Å². The maximum absolute atomic E-state index is 2.46. The molecular formula is C64H44N2. The van der Waals surface area contributed by atoms with Crippen LogP contribution in [0.5, 0.6) is 0 Å². The normalized spacial score (nSPS) is 11.3. The molecule has 0 aliphatic carbocycles. The lowest BCUT2D eigenvalue weighted by atomic mass is 9.98. The van der Waals surface area contributed by atoms with Crippen molar-refractivity contribution >= 4 is 49.6 Å². The van der Waals surface area contributed by atoms with Crippen molar-refractivity contribution in [3.05, 3.63) is 267 Å². The van der Waals surface area contributed by atoms with E-state index in [2.05, 4.69) is 276 Å². The van der Waals surface area contributed by atoms with E-state index in [-0.39, 0.29) is 0 Å². The van der Waals surface area contributed by atoms with Crippen molar-refractivity contribution in [2.45, 2.75) is 0 Å². The zero-order valence-electron chi connectivity index (χ0n) is 36.3. The Morgan fingerprint density at radius 3 is 1.35 bits per heavy atom. The minimum Gasteiger partial charge on any atom is -0.310 e. The third-order valence-electron chi connectivity index (χ3n) is 13.0. The summed E-state index contributed by atoms with van der Waals surface area (Å²) in [5, 5.41) is 4.90. The van der Waals surface area contributed by atoms with Crippen molar-refractivity contribution < 1.29 is 0 Å². The van der Waals surface area contributed by atoms with Gasteiger partial charge in [0.1, 0.15) is 0 Å². The number of hydrogen-bond acceptors (Lipinski definition) is 1. The van der Waals surface area contributed by atoms with Gasteiger partial charge in [0, 0.05) is 33.1 Å². The fourth-order valence-corrected chi connectivity index (χ4v) is 9.72. The van der Waals surface area contributed by atoms with Crippen molar-refractivity contribution in [1.82, 2.24) is 4.57 Å². The fourth-order valence-electron chi connectivity index (χ4n) is 9.72. The highest BCUT2D eigenvalue weighted by Gasteiger charge is 2.19. The number of hydrogen-bond donors (Lipinski definition) is 0. The lowest BCUT2D eigenvalue weighted by Gasteiger charge is -2.27. The molecule has 12 aromatic rings. The Hall–Kier alpha value is -8.72. The third-order valence-corrected chi connectivity index (χ3v) is 13.0. The summed E-state index contributed by atoms with van der Waals surface area (Å²) in [4.78, 5) is 2.38. The summed E-state index contributed by atoms with van der Waals surface area (Å²) in [7, 11) is 0. The molecule has 0 spiro atoms. The number of nitrogens with zero attached hydrogens (tertiary/aromatic N) is 2. The monoisotopic (exact) mass is 840 g/mol. The van der Waals surface area contributed by atoms with Crippen LogP contribution in [0.15, 0.2) is 267 Å². The van der Waals surface area contributed by atoms with Gasteiger partial charge in [0.05, 0.1) is 22.4 Å². The predicted octanol–water partition coefficient (Wildman–Crippen LogP) is 17.7. The lowest BCUT2D eigenvalue weighted by molar-refractivity contribution is 1.18. The number of aromatic nitrogens is 1. The molecule has 0 aliphatic heterocycles. The second kappa shape index (κ2) is 16.8. The van der Waals surface area contributed by atoms with Gasteiger partial charge in [-0.3, -0.25) is 0 Å². The SMILES string of the molecule is c1ccc(-c2ccc(N(c3ccc(-c4ccc(-c5ccccc5-n5c6ccc(-c7ccccc7)cc6c6ccc(-c7ccccc7)cc65)cc4)cc3)c3cccc4ccccc34)cc2)cc1. The van der Waals surface area contributed by atoms with Crippen LogP contribution in [0.25, 0.3) is 93.9 Å². The average Bonchev–Trinajstić information content (AvgIpc) is 3.73. The molecule has 0 amide bonds. The molecule has 1 aromatic heterocycles. The molecule has 11 aromatic carbocycles. The third kappa shape index (κ3) is 7.12. The van der Waals surface area contributed by atoms with Crippen LogP contribution in [0.3, 0.4) is 0 Å². The number of anilines is 3. The van der Waals surface area contributed by atoms with Crippen LogP contribution in [0.1, 0.15) is 0 Å². The van der Waals surface area contributed by atoms with Crippen LogP contribution in [0, 0.1) is 0 Å². The topological polar surface area (TPSA) is 8.17 Å². The first kappa shape index (κ1) is 38.9. The second-order valence-corrected chi connectivity index (χ2v) is 16.9. The molecular weight excluding hydrogens is 797 g/mol. The molecule has 2 nitrogen and oxygen atoms in total. The molecule has 0 bridgehead atoms. The Labute approximate surface area is 385 Å². The van der Waals surface area contributed by atoms with E-state index < -0.39 is 0 Å². The molecule has 66 heavy (non-hydrogen) atoms. The first-order chi connectivity index (χ1) is 32.7. The zero-order chi connectivity index (χ0) is 43.8. The van der Waals surface area contributed by atoms with Gasteiger partial charge in [-0.15, -0.1) is 0 Å². The summed E-state index contributed by atoms with van der Waals surface area (Å²) < 4.78 is 2.46. The first-order valence-electron chi connectivity index (χ1n) is 22.7. The Morgan fingerprint density at radius 2 is 0.712 bits per heavy atom. The van der Waals surface area contributed by atoms with Crippen LogP contribution < -0.4 is 4.90 Å². The smallest absolute Gasteiger partial charge is 0.0547 e. The fraction of sp³-hybridized carbons (Fsp3) is 0. The predicted molar refractivity (Wildman–Crippen MR) is 280 cm³/mol. The summed E-state index contributed by atoms with van der Waals surface area (Å²) in [6.45, 7) is 0. The summed E-state index contributed by atoms with van der Waals surface area (Å²) in [5.74, 6) is 0. The van der Waals surface area contributed by atoms with Crippen LogP contribution in [-0.2, 0) is 0 Å². The Bertz CT molecular complexity index is 3640. The van der Waals surface area contributed by atoms with E-state index in [0.29, 0.717) is 0 Å². The van der Waals surface area contributed by atoms with Gasteiger partial charge in [0.25, 0.3) is 0 Å². The van der Waals surface area contributed by atoms with Gasteiger partial charge in [0.15, 0.2) is 0 Å². The molecule has 0 saturated carbocycles. The van der Waals surface area contributed by atoms with Crippen LogP contribution in [0.2, 0.25) is 0 Å². The van der Waals surface area contributed by atoms with Gasteiger partial charge >= 0.3 is 0 Å². The lowest BCUT2D eigenvalue weighted by Crippen LogP contribution is -2.10. The number of rotatable bonds is 9. The van der Waals surface area contributed by atoms with Gasteiger partial charge in [-0.05, 0) is 110 Å². The van der Waals surface area contributed by atoms with Gasteiger partial charge in [-0.2, -0.15) is 0 Å². The molecule has 0 radical (unpaired) electrons. The minimum absolute atomic E-state index is 1.10. The van der Waals surface area contributed by atoms with Crippen LogP contribution >= 0.6 is 0 Å². The van der Waals surface area contributed by atoms with Crippen molar-refractivity contribution in [2.75, 3.05) is 4.90 Å². The summed E-state index contributed by atoms with van der Waals surface area (Å²) >= 11 is 0. The van der Waals surface area contributed by atoms with Gasteiger partial charge in [0.2, 0.25) is 0 Å². The van der Waals surface area contributed by atoms with E-state index in [0.717, 1.165) is 22.7 Å². The van der Waals surface area contributed by atoms with E-state index in [9.17, 15) is 0 Å². The molecule has 0 saturated heterocycles. The maximum atomic E-state index is 2.46. The maximum Gasteiger partial charge on any atom is 0.0547 e. The molecule has 0 aliphatic rings. The van der Waals surface area contributed by atoms with E-state index >= 15 is 0 Å². The molecule has 0 N–H and O–H groups in total. The molecule has 1 heterocycles. The first-order valence-corrected chi connectivity index (χ1v) is 22.7. The number of fused-ring (bicyclic) bond motifs is 4. The van der Waals surface area contributed by atoms with Crippen molar-refractivity contribution in [3.63, 3.8) is 0 Å².